The number of rotatable bonds is 4. The van der Waals surface area contributed by atoms with E-state index in [-0.39, 0.29) is 5.75 Å². The van der Waals surface area contributed by atoms with Crippen molar-refractivity contribution in [2.75, 3.05) is 5.75 Å². The van der Waals surface area contributed by atoms with E-state index >= 15 is 0 Å². The molecular formula is C15H17IN2O2S. The van der Waals surface area contributed by atoms with Gasteiger partial charge in [0.2, 0.25) is 0 Å². The van der Waals surface area contributed by atoms with E-state index in [4.69, 9.17) is 5.11 Å². The van der Waals surface area contributed by atoms with Crippen molar-refractivity contribution in [2.45, 2.75) is 37.4 Å². The van der Waals surface area contributed by atoms with Gasteiger partial charge in [0.05, 0.1) is 16.8 Å². The number of hydrogen-bond acceptors (Lipinski definition) is 3. The quantitative estimate of drug-likeness (QED) is 0.600. The second kappa shape index (κ2) is 6.16. The number of carbonyl (C=O) groups is 1. The number of hydrogen-bond donors (Lipinski definition) is 1. The summed E-state index contributed by atoms with van der Waals surface area (Å²) in [7, 11) is 0. The number of thioether (sulfide) groups is 1. The SMILES string of the molecule is CC1CCC(n2c(SCC(=O)O)nc3cc(I)ccc32)C1. The van der Waals surface area contributed by atoms with E-state index in [0.29, 0.717) is 6.04 Å². The van der Waals surface area contributed by atoms with E-state index in [9.17, 15) is 4.79 Å². The highest BCUT2D eigenvalue weighted by Crippen LogP contribution is 2.39. The van der Waals surface area contributed by atoms with Crippen LogP contribution >= 0.6 is 34.4 Å². The third-order valence-electron chi connectivity index (χ3n) is 3.98. The molecule has 0 bridgehead atoms. The van der Waals surface area contributed by atoms with E-state index in [1.807, 2.05) is 0 Å². The van der Waals surface area contributed by atoms with Gasteiger partial charge in [-0.25, -0.2) is 4.98 Å². The Morgan fingerprint density at radius 3 is 3.00 bits per heavy atom. The van der Waals surface area contributed by atoms with Gasteiger partial charge in [-0.2, -0.15) is 0 Å². The molecule has 0 amide bonds. The molecule has 1 heterocycles. The fourth-order valence-corrected chi connectivity index (χ4v) is 4.32. The minimum atomic E-state index is -0.798. The molecule has 0 radical (unpaired) electrons. The maximum absolute atomic E-state index is 10.9. The average molecular weight is 416 g/mol. The monoisotopic (exact) mass is 416 g/mol. The van der Waals surface area contributed by atoms with Crippen molar-refractivity contribution in [2.24, 2.45) is 5.92 Å². The summed E-state index contributed by atoms with van der Waals surface area (Å²) in [4.78, 5) is 15.5. The Labute approximate surface area is 141 Å². The molecule has 1 aliphatic carbocycles. The summed E-state index contributed by atoms with van der Waals surface area (Å²) >= 11 is 3.61. The van der Waals surface area contributed by atoms with Crippen molar-refractivity contribution in [3.05, 3.63) is 21.8 Å². The molecule has 0 aliphatic heterocycles. The maximum Gasteiger partial charge on any atom is 0.313 e. The molecule has 21 heavy (non-hydrogen) atoms. The minimum Gasteiger partial charge on any atom is -0.481 e. The zero-order valence-corrected chi connectivity index (χ0v) is 14.7. The molecule has 1 aliphatic rings. The van der Waals surface area contributed by atoms with Crippen molar-refractivity contribution < 1.29 is 9.90 Å². The van der Waals surface area contributed by atoms with Crippen LogP contribution in [0.25, 0.3) is 11.0 Å². The van der Waals surface area contributed by atoms with Crippen molar-refractivity contribution in [3.8, 4) is 0 Å². The van der Waals surface area contributed by atoms with Gasteiger partial charge in [-0.3, -0.25) is 4.79 Å². The van der Waals surface area contributed by atoms with Crippen molar-refractivity contribution >= 4 is 51.4 Å². The zero-order chi connectivity index (χ0) is 15.0. The molecule has 0 spiro atoms. The van der Waals surface area contributed by atoms with Crippen LogP contribution in [0.5, 0.6) is 0 Å². The standard InChI is InChI=1S/C15H17IN2O2S/c1-9-2-4-11(6-9)18-13-5-3-10(16)7-12(13)17-15(18)21-8-14(19)20/h3,5,7,9,11H,2,4,6,8H2,1H3,(H,19,20). The van der Waals surface area contributed by atoms with Gasteiger partial charge in [-0.15, -0.1) is 0 Å². The third kappa shape index (κ3) is 3.21. The summed E-state index contributed by atoms with van der Waals surface area (Å²) in [5.74, 6) is -0.00974. The summed E-state index contributed by atoms with van der Waals surface area (Å²) < 4.78 is 3.42. The normalized spacial score (nSPS) is 22.0. The topological polar surface area (TPSA) is 55.1 Å². The molecule has 1 fully saturated rings. The second-order valence-electron chi connectivity index (χ2n) is 5.65. The molecule has 1 saturated carbocycles. The predicted molar refractivity (Wildman–Crippen MR) is 92.9 cm³/mol. The highest BCUT2D eigenvalue weighted by Gasteiger charge is 2.27. The summed E-state index contributed by atoms with van der Waals surface area (Å²) in [6.07, 6.45) is 3.54. The Hall–Kier alpha value is -0.760. The summed E-state index contributed by atoms with van der Waals surface area (Å²) in [6, 6.07) is 6.71. The Morgan fingerprint density at radius 2 is 2.33 bits per heavy atom. The first kappa shape index (κ1) is 15.1. The zero-order valence-electron chi connectivity index (χ0n) is 11.8. The van der Waals surface area contributed by atoms with E-state index in [0.717, 1.165) is 38.5 Å². The van der Waals surface area contributed by atoms with Crippen LogP contribution in [-0.2, 0) is 4.79 Å². The van der Waals surface area contributed by atoms with Gasteiger partial charge in [0, 0.05) is 9.61 Å². The fourth-order valence-electron chi connectivity index (χ4n) is 3.04. The van der Waals surface area contributed by atoms with Crippen LogP contribution in [0.4, 0.5) is 0 Å². The Kier molecular flexibility index (Phi) is 4.44. The summed E-state index contributed by atoms with van der Waals surface area (Å²) in [5, 5.41) is 9.77. The molecule has 112 valence electrons. The van der Waals surface area contributed by atoms with Crippen molar-refractivity contribution in [1.29, 1.82) is 0 Å². The van der Waals surface area contributed by atoms with Crippen LogP contribution in [0.1, 0.15) is 32.2 Å². The van der Waals surface area contributed by atoms with E-state index in [2.05, 4.69) is 57.3 Å². The summed E-state index contributed by atoms with van der Waals surface area (Å²) in [6.45, 7) is 2.28. The van der Waals surface area contributed by atoms with Gasteiger partial charge in [0.1, 0.15) is 0 Å². The first-order chi connectivity index (χ1) is 10.0. The van der Waals surface area contributed by atoms with Gasteiger partial charge in [-0.1, -0.05) is 18.7 Å². The smallest absolute Gasteiger partial charge is 0.313 e. The maximum atomic E-state index is 10.9. The Morgan fingerprint density at radius 1 is 1.52 bits per heavy atom. The van der Waals surface area contributed by atoms with Gasteiger partial charge in [0.25, 0.3) is 0 Å². The lowest BCUT2D eigenvalue weighted by molar-refractivity contribution is -0.133. The molecule has 3 rings (SSSR count). The Bertz CT molecular complexity index is 686. The second-order valence-corrected chi connectivity index (χ2v) is 7.84. The molecule has 1 N–H and O–H groups in total. The van der Waals surface area contributed by atoms with E-state index in [1.165, 1.54) is 18.2 Å². The lowest BCUT2D eigenvalue weighted by Crippen LogP contribution is -2.08. The first-order valence-electron chi connectivity index (χ1n) is 7.06. The number of benzene rings is 1. The number of aromatic nitrogens is 2. The molecule has 1 aromatic carbocycles. The number of halogens is 1. The number of fused-ring (bicyclic) bond motifs is 1. The van der Waals surface area contributed by atoms with Gasteiger partial charge >= 0.3 is 5.97 Å². The Balaban J connectivity index is 2.04. The largest absolute Gasteiger partial charge is 0.481 e. The minimum absolute atomic E-state index is 0.0582. The molecule has 4 nitrogen and oxygen atoms in total. The number of nitrogens with zero attached hydrogens (tertiary/aromatic N) is 2. The molecule has 6 heteroatoms. The third-order valence-corrected chi connectivity index (χ3v) is 5.58. The highest BCUT2D eigenvalue weighted by atomic mass is 127. The van der Waals surface area contributed by atoms with Gasteiger partial charge in [-0.05, 0) is 66.0 Å². The lowest BCUT2D eigenvalue weighted by Gasteiger charge is -2.16. The average Bonchev–Trinajstić information content (AvgIpc) is 2.98. The molecule has 2 aromatic rings. The van der Waals surface area contributed by atoms with Crippen LogP contribution < -0.4 is 0 Å². The number of carboxylic acids is 1. The van der Waals surface area contributed by atoms with Crippen molar-refractivity contribution in [1.82, 2.24) is 9.55 Å². The van der Waals surface area contributed by atoms with Crippen LogP contribution in [-0.4, -0.2) is 26.4 Å². The molecular weight excluding hydrogens is 399 g/mol. The number of imidazole rings is 1. The summed E-state index contributed by atoms with van der Waals surface area (Å²) in [5.41, 5.74) is 2.09. The van der Waals surface area contributed by atoms with E-state index in [1.54, 1.807) is 0 Å². The molecule has 1 aromatic heterocycles. The first-order valence-corrected chi connectivity index (χ1v) is 9.13. The predicted octanol–water partition coefficient (Wildman–Crippen LogP) is 4.18. The number of carboxylic acid groups (broad SMARTS) is 1. The van der Waals surface area contributed by atoms with Crippen LogP contribution in [0, 0.1) is 9.49 Å². The molecule has 2 atom stereocenters. The van der Waals surface area contributed by atoms with E-state index < -0.39 is 5.97 Å². The molecule has 0 saturated heterocycles. The lowest BCUT2D eigenvalue weighted by atomic mass is 10.1. The molecule has 2 unspecified atom stereocenters. The highest BCUT2D eigenvalue weighted by molar-refractivity contribution is 14.1. The van der Waals surface area contributed by atoms with Crippen LogP contribution in [0.15, 0.2) is 23.4 Å². The van der Waals surface area contributed by atoms with Gasteiger partial charge < -0.3 is 9.67 Å². The number of aliphatic carboxylic acids is 1. The fraction of sp³-hybridized carbons (Fsp3) is 0.467. The van der Waals surface area contributed by atoms with Crippen molar-refractivity contribution in [3.63, 3.8) is 0 Å². The van der Waals surface area contributed by atoms with Gasteiger partial charge in [0.15, 0.2) is 5.16 Å². The van der Waals surface area contributed by atoms with Crippen LogP contribution in [0.2, 0.25) is 0 Å². The van der Waals surface area contributed by atoms with Crippen LogP contribution in [0.3, 0.4) is 0 Å².